The Morgan fingerprint density at radius 2 is 1.96 bits per heavy atom. The molecule has 2 heterocycles. The van der Waals surface area contributed by atoms with E-state index in [1.807, 2.05) is 19.2 Å². The van der Waals surface area contributed by atoms with Crippen LogP contribution < -0.4 is 15.4 Å². The van der Waals surface area contributed by atoms with Gasteiger partial charge in [-0.1, -0.05) is 25.1 Å². The molecule has 0 spiro atoms. The van der Waals surface area contributed by atoms with E-state index in [1.165, 1.54) is 10.4 Å². The molecule has 2 N–H and O–H groups in total. The average Bonchev–Trinajstić information content (AvgIpc) is 3.29. The van der Waals surface area contributed by atoms with Gasteiger partial charge in [-0.3, -0.25) is 4.99 Å². The molecule has 6 heteroatoms. The van der Waals surface area contributed by atoms with Gasteiger partial charge in [0.25, 0.3) is 0 Å². The van der Waals surface area contributed by atoms with Crippen LogP contribution in [0.2, 0.25) is 0 Å². The Balaban J connectivity index is 1.63. The molecule has 1 aliphatic rings. The Hall–Kier alpha value is -2.05. The predicted octanol–water partition coefficient (Wildman–Crippen LogP) is 3.77. The molecule has 3 rings (SSSR count). The van der Waals surface area contributed by atoms with Crippen LogP contribution in [0.1, 0.15) is 36.1 Å². The SMILES string of the molecule is CN=C(NCC(C)c1cccs1)NCC1(c2ccc(OC)cc2)CCOCC1. The minimum atomic E-state index is 0.0432. The van der Waals surface area contributed by atoms with E-state index in [0.29, 0.717) is 5.92 Å². The minimum absolute atomic E-state index is 0.0432. The van der Waals surface area contributed by atoms with E-state index in [1.54, 1.807) is 18.4 Å². The lowest BCUT2D eigenvalue weighted by Gasteiger charge is -2.38. The average molecular weight is 402 g/mol. The molecule has 0 bridgehead atoms. The van der Waals surface area contributed by atoms with Crippen molar-refractivity contribution in [2.45, 2.75) is 31.1 Å². The van der Waals surface area contributed by atoms with Crippen molar-refractivity contribution >= 4 is 17.3 Å². The number of benzene rings is 1. The Labute approximate surface area is 172 Å². The fraction of sp³-hybridized carbons (Fsp3) is 0.500. The van der Waals surface area contributed by atoms with Crippen molar-refractivity contribution in [1.29, 1.82) is 0 Å². The zero-order valence-corrected chi connectivity index (χ0v) is 17.8. The van der Waals surface area contributed by atoms with Crippen molar-refractivity contribution < 1.29 is 9.47 Å². The minimum Gasteiger partial charge on any atom is -0.497 e. The van der Waals surface area contributed by atoms with E-state index in [0.717, 1.165) is 50.9 Å². The molecule has 1 saturated heterocycles. The number of hydrogen-bond acceptors (Lipinski definition) is 4. The summed E-state index contributed by atoms with van der Waals surface area (Å²) in [5.74, 6) is 2.19. The maximum atomic E-state index is 5.65. The number of hydrogen-bond donors (Lipinski definition) is 2. The second-order valence-corrected chi connectivity index (χ2v) is 8.32. The summed E-state index contributed by atoms with van der Waals surface area (Å²) < 4.78 is 11.0. The Morgan fingerprint density at radius 3 is 2.57 bits per heavy atom. The van der Waals surface area contributed by atoms with Crippen molar-refractivity contribution in [3.8, 4) is 5.75 Å². The summed E-state index contributed by atoms with van der Waals surface area (Å²) in [6.07, 6.45) is 1.99. The van der Waals surface area contributed by atoms with Crippen molar-refractivity contribution in [3.63, 3.8) is 0 Å². The Morgan fingerprint density at radius 1 is 1.21 bits per heavy atom. The van der Waals surface area contributed by atoms with Gasteiger partial charge < -0.3 is 20.1 Å². The number of methoxy groups -OCH3 is 1. The number of nitrogens with one attached hydrogen (secondary N) is 2. The van der Waals surface area contributed by atoms with Crippen LogP contribution in [-0.4, -0.2) is 46.4 Å². The molecule has 2 aromatic rings. The summed E-state index contributed by atoms with van der Waals surface area (Å²) in [4.78, 5) is 5.82. The topological polar surface area (TPSA) is 54.9 Å². The van der Waals surface area contributed by atoms with Gasteiger partial charge in [-0.15, -0.1) is 11.3 Å². The monoisotopic (exact) mass is 401 g/mol. The van der Waals surface area contributed by atoms with Gasteiger partial charge in [-0.25, -0.2) is 0 Å². The molecule has 0 aliphatic carbocycles. The molecular formula is C22H31N3O2S. The quantitative estimate of drug-likeness (QED) is 0.548. The normalized spacial score (nSPS) is 17.8. The number of thiophene rings is 1. The van der Waals surface area contributed by atoms with Crippen LogP contribution in [0.4, 0.5) is 0 Å². The van der Waals surface area contributed by atoms with Gasteiger partial charge in [0, 0.05) is 49.6 Å². The lowest BCUT2D eigenvalue weighted by atomic mass is 9.74. The van der Waals surface area contributed by atoms with E-state index in [9.17, 15) is 0 Å². The lowest BCUT2D eigenvalue weighted by Crippen LogP contribution is -2.48. The van der Waals surface area contributed by atoms with Crippen molar-refractivity contribution in [2.75, 3.05) is 40.5 Å². The highest BCUT2D eigenvalue weighted by Crippen LogP contribution is 2.35. The van der Waals surface area contributed by atoms with E-state index in [4.69, 9.17) is 9.47 Å². The number of nitrogens with zero attached hydrogens (tertiary/aromatic N) is 1. The third-order valence-electron chi connectivity index (χ3n) is 5.57. The first-order valence-electron chi connectivity index (χ1n) is 9.87. The highest BCUT2D eigenvalue weighted by molar-refractivity contribution is 7.10. The molecule has 1 aromatic heterocycles. The van der Waals surface area contributed by atoms with Crippen LogP contribution in [-0.2, 0) is 10.2 Å². The van der Waals surface area contributed by atoms with Crippen molar-refractivity contribution in [3.05, 3.63) is 52.2 Å². The molecule has 0 saturated carbocycles. The first-order valence-corrected chi connectivity index (χ1v) is 10.7. The van der Waals surface area contributed by atoms with E-state index in [2.05, 4.69) is 52.2 Å². The largest absolute Gasteiger partial charge is 0.497 e. The van der Waals surface area contributed by atoms with Crippen LogP contribution in [0, 0.1) is 0 Å². The number of ether oxygens (including phenoxy) is 2. The molecule has 1 atom stereocenters. The second kappa shape index (κ2) is 9.94. The summed E-state index contributed by atoms with van der Waals surface area (Å²) in [7, 11) is 3.53. The van der Waals surface area contributed by atoms with Crippen LogP contribution in [0.5, 0.6) is 5.75 Å². The third kappa shape index (κ3) is 5.06. The van der Waals surface area contributed by atoms with Gasteiger partial charge in [0.1, 0.15) is 5.75 Å². The number of guanidine groups is 1. The molecule has 0 radical (unpaired) electrons. The Bertz CT molecular complexity index is 738. The summed E-state index contributed by atoms with van der Waals surface area (Å²) in [6, 6.07) is 12.7. The second-order valence-electron chi connectivity index (χ2n) is 7.34. The summed E-state index contributed by atoms with van der Waals surface area (Å²) >= 11 is 1.80. The molecule has 1 unspecified atom stereocenters. The van der Waals surface area contributed by atoms with Gasteiger partial charge in [0.15, 0.2) is 5.96 Å². The molecule has 1 aliphatic heterocycles. The smallest absolute Gasteiger partial charge is 0.191 e. The van der Waals surface area contributed by atoms with Crippen molar-refractivity contribution in [1.82, 2.24) is 10.6 Å². The molecule has 5 nitrogen and oxygen atoms in total. The third-order valence-corrected chi connectivity index (χ3v) is 6.68. The van der Waals surface area contributed by atoms with Gasteiger partial charge in [0.05, 0.1) is 7.11 Å². The molecule has 1 aromatic carbocycles. The molecule has 1 fully saturated rings. The fourth-order valence-corrected chi connectivity index (χ4v) is 4.46. The van der Waals surface area contributed by atoms with Gasteiger partial charge in [-0.05, 0) is 42.0 Å². The van der Waals surface area contributed by atoms with E-state index >= 15 is 0 Å². The maximum absolute atomic E-state index is 5.65. The molecule has 152 valence electrons. The van der Waals surface area contributed by atoms with E-state index in [-0.39, 0.29) is 5.41 Å². The van der Waals surface area contributed by atoms with Crippen LogP contribution in [0.25, 0.3) is 0 Å². The summed E-state index contributed by atoms with van der Waals surface area (Å²) in [5, 5.41) is 9.17. The maximum Gasteiger partial charge on any atom is 0.191 e. The van der Waals surface area contributed by atoms with Gasteiger partial charge in [0.2, 0.25) is 0 Å². The predicted molar refractivity (Wildman–Crippen MR) is 117 cm³/mol. The number of aliphatic imine (C=N–C) groups is 1. The molecular weight excluding hydrogens is 370 g/mol. The zero-order chi connectivity index (χ0) is 19.8. The van der Waals surface area contributed by atoms with Crippen LogP contribution in [0.3, 0.4) is 0 Å². The summed E-state index contributed by atoms with van der Waals surface area (Å²) in [6.45, 7) is 5.50. The molecule has 28 heavy (non-hydrogen) atoms. The fourth-order valence-electron chi connectivity index (χ4n) is 3.67. The van der Waals surface area contributed by atoms with Gasteiger partial charge >= 0.3 is 0 Å². The standard InChI is InChI=1S/C22H31N3O2S/c1-17(20-5-4-14-28-20)15-24-21(23-2)25-16-22(10-12-27-13-11-22)18-6-8-19(26-3)9-7-18/h4-9,14,17H,10-13,15-16H2,1-3H3,(H2,23,24,25). The first-order chi connectivity index (χ1) is 13.7. The highest BCUT2D eigenvalue weighted by Gasteiger charge is 2.34. The van der Waals surface area contributed by atoms with E-state index < -0.39 is 0 Å². The van der Waals surface area contributed by atoms with Crippen LogP contribution >= 0.6 is 11.3 Å². The number of rotatable bonds is 7. The Kier molecular flexibility index (Phi) is 7.34. The lowest BCUT2D eigenvalue weighted by molar-refractivity contribution is 0.0513. The van der Waals surface area contributed by atoms with Gasteiger partial charge in [-0.2, -0.15) is 0 Å². The first kappa shape index (κ1) is 20.7. The molecule has 0 amide bonds. The van der Waals surface area contributed by atoms with Crippen molar-refractivity contribution in [2.24, 2.45) is 4.99 Å². The van der Waals surface area contributed by atoms with Crippen LogP contribution in [0.15, 0.2) is 46.8 Å². The highest BCUT2D eigenvalue weighted by atomic mass is 32.1. The summed E-state index contributed by atoms with van der Waals surface area (Å²) in [5.41, 5.74) is 1.37. The zero-order valence-electron chi connectivity index (χ0n) is 17.0.